The molecule has 2 aliphatic rings. The van der Waals surface area contributed by atoms with Gasteiger partial charge in [0.2, 0.25) is 0 Å². The van der Waals surface area contributed by atoms with Crippen molar-refractivity contribution in [2.75, 3.05) is 13.1 Å². The van der Waals surface area contributed by atoms with E-state index >= 15 is 4.39 Å². The van der Waals surface area contributed by atoms with Gasteiger partial charge in [0.05, 0.1) is 35.7 Å². The van der Waals surface area contributed by atoms with Crippen LogP contribution < -0.4 is 10.6 Å². The van der Waals surface area contributed by atoms with Crippen molar-refractivity contribution in [2.45, 2.75) is 37.8 Å². The monoisotopic (exact) mass is 490 g/mol. The van der Waals surface area contributed by atoms with E-state index in [1.54, 1.807) is 12.4 Å². The fraction of sp³-hybridized carbons (Fsp3) is 0.267. The van der Waals surface area contributed by atoms with Crippen molar-refractivity contribution in [1.29, 1.82) is 0 Å². The van der Waals surface area contributed by atoms with Gasteiger partial charge < -0.3 is 20.6 Å². The molecule has 4 N–H and O–H groups in total. The summed E-state index contributed by atoms with van der Waals surface area (Å²) in [7, 11) is 0. The number of benzene rings is 2. The number of halogens is 1. The molecule has 4 heterocycles. The highest BCUT2D eigenvalue weighted by Crippen LogP contribution is 2.32. The molecule has 184 valence electrons. The number of nitrogens with one attached hydrogen (secondary N) is 4. The number of imidazole rings is 2. The van der Waals surface area contributed by atoms with Crippen molar-refractivity contribution in [1.82, 2.24) is 30.6 Å². The molecule has 6 nitrogen and oxygen atoms in total. The summed E-state index contributed by atoms with van der Waals surface area (Å²) in [5.41, 5.74) is 4.14. The quantitative estimate of drug-likeness (QED) is 0.308. The van der Waals surface area contributed by atoms with Crippen LogP contribution in [-0.2, 0) is 0 Å². The van der Waals surface area contributed by atoms with E-state index in [9.17, 15) is 0 Å². The fourth-order valence-electron chi connectivity index (χ4n) is 5.00. The Labute approximate surface area is 215 Å². The average Bonchev–Trinajstić information content (AvgIpc) is 3.74. The highest BCUT2D eigenvalue weighted by molar-refractivity contribution is 5.77. The molecule has 2 aliphatic heterocycles. The number of aromatic amines is 2. The van der Waals surface area contributed by atoms with Gasteiger partial charge in [0, 0.05) is 11.1 Å². The first-order valence-corrected chi connectivity index (χ1v) is 12.7. The van der Waals surface area contributed by atoms with E-state index in [1.165, 1.54) is 6.07 Å². The Morgan fingerprint density at radius 3 is 2.22 bits per heavy atom. The number of hydrogen-bond acceptors (Lipinski definition) is 4. The first-order chi connectivity index (χ1) is 18.2. The third-order valence-electron chi connectivity index (χ3n) is 6.90. The Bertz CT molecular complexity index is 1520. The second kappa shape index (κ2) is 10.4. The molecule has 2 atom stereocenters. The van der Waals surface area contributed by atoms with Crippen LogP contribution >= 0.6 is 0 Å². The minimum Gasteiger partial charge on any atom is -0.341 e. The van der Waals surface area contributed by atoms with Crippen molar-refractivity contribution in [3.05, 3.63) is 83.6 Å². The summed E-state index contributed by atoms with van der Waals surface area (Å²) in [5.74, 6) is 13.0. The Balaban J connectivity index is 1.31. The minimum absolute atomic E-state index is 0.219. The number of H-pyrrole nitrogens is 2. The summed E-state index contributed by atoms with van der Waals surface area (Å²) < 4.78 is 15.5. The average molecular weight is 491 g/mol. The molecule has 0 unspecified atom stereocenters. The predicted molar refractivity (Wildman–Crippen MR) is 142 cm³/mol. The van der Waals surface area contributed by atoms with E-state index in [-0.39, 0.29) is 12.1 Å². The van der Waals surface area contributed by atoms with Crippen molar-refractivity contribution in [3.8, 4) is 46.1 Å². The molecule has 0 saturated carbocycles. The molecular formula is C30H27FN6. The summed E-state index contributed by atoms with van der Waals surface area (Å²) in [5, 5.41) is 6.86. The lowest BCUT2D eigenvalue weighted by Crippen LogP contribution is -2.14. The van der Waals surface area contributed by atoms with Crippen LogP contribution in [-0.4, -0.2) is 33.0 Å². The SMILES string of the molecule is Fc1cc(-c2cnc([C@@H]3CCCN3)[nH]2)cc(-c2ccccc2)c1C#CC#Cc1cnc([C@@H]2CCCN2)[nH]1. The van der Waals surface area contributed by atoms with Crippen LogP contribution in [0.4, 0.5) is 4.39 Å². The summed E-state index contributed by atoms with van der Waals surface area (Å²) in [6.45, 7) is 1.99. The summed E-state index contributed by atoms with van der Waals surface area (Å²) in [6, 6.07) is 13.7. The number of rotatable bonds is 4. The second-order valence-corrected chi connectivity index (χ2v) is 9.41. The standard InChI is InChI=1S/C30H27FN6/c31-25-17-21(28-19-35-30(37-28)27-13-7-15-33-27)16-24(20-8-2-1-3-9-20)23(25)11-5-4-10-22-18-34-29(36-22)26-12-6-14-32-26/h1-3,8-9,16-19,26-27,32-33H,6-7,12-15H2,(H,34,36)(H,35,37)/t26-,27-/m0/s1. The van der Waals surface area contributed by atoms with Gasteiger partial charge in [-0.3, -0.25) is 0 Å². The Morgan fingerprint density at radius 1 is 0.784 bits per heavy atom. The Kier molecular flexibility index (Phi) is 6.56. The van der Waals surface area contributed by atoms with E-state index < -0.39 is 5.82 Å². The van der Waals surface area contributed by atoms with Crippen LogP contribution in [0.2, 0.25) is 0 Å². The van der Waals surface area contributed by atoms with E-state index in [0.717, 1.165) is 72.8 Å². The van der Waals surface area contributed by atoms with Crippen molar-refractivity contribution in [3.63, 3.8) is 0 Å². The molecule has 0 radical (unpaired) electrons. The first-order valence-electron chi connectivity index (χ1n) is 12.7. The molecule has 2 aromatic heterocycles. The zero-order valence-electron chi connectivity index (χ0n) is 20.4. The van der Waals surface area contributed by atoms with Gasteiger partial charge in [-0.15, -0.1) is 0 Å². The first kappa shape index (κ1) is 23.2. The number of aromatic nitrogens is 4. The van der Waals surface area contributed by atoms with Gasteiger partial charge in [-0.05, 0) is 80.2 Å². The maximum atomic E-state index is 15.5. The van der Waals surface area contributed by atoms with Crippen LogP contribution in [0.25, 0.3) is 22.4 Å². The van der Waals surface area contributed by atoms with E-state index in [2.05, 4.69) is 54.3 Å². The van der Waals surface area contributed by atoms with Crippen LogP contribution in [0.1, 0.15) is 60.7 Å². The van der Waals surface area contributed by atoms with E-state index in [4.69, 9.17) is 0 Å². The maximum Gasteiger partial charge on any atom is 0.140 e. The normalized spacial score (nSPS) is 18.7. The summed E-state index contributed by atoms with van der Waals surface area (Å²) in [4.78, 5) is 15.6. The number of hydrogen-bond donors (Lipinski definition) is 4. The molecule has 0 aliphatic carbocycles. The molecule has 0 amide bonds. The predicted octanol–water partition coefficient (Wildman–Crippen LogP) is 4.86. The van der Waals surface area contributed by atoms with Gasteiger partial charge in [-0.25, -0.2) is 14.4 Å². The summed E-state index contributed by atoms with van der Waals surface area (Å²) in [6.07, 6.45) is 7.87. The fourth-order valence-corrected chi connectivity index (χ4v) is 5.00. The summed E-state index contributed by atoms with van der Waals surface area (Å²) >= 11 is 0. The smallest absolute Gasteiger partial charge is 0.140 e. The Morgan fingerprint density at radius 2 is 1.49 bits per heavy atom. The van der Waals surface area contributed by atoms with Crippen molar-refractivity contribution < 1.29 is 4.39 Å². The van der Waals surface area contributed by atoms with Crippen molar-refractivity contribution in [2.24, 2.45) is 0 Å². The van der Waals surface area contributed by atoms with Crippen LogP contribution in [0.5, 0.6) is 0 Å². The lowest BCUT2D eigenvalue weighted by atomic mass is 9.96. The largest absolute Gasteiger partial charge is 0.341 e. The van der Waals surface area contributed by atoms with Gasteiger partial charge in [0.25, 0.3) is 0 Å². The molecule has 0 spiro atoms. The third-order valence-corrected chi connectivity index (χ3v) is 6.90. The molecule has 2 fully saturated rings. The zero-order valence-corrected chi connectivity index (χ0v) is 20.4. The van der Waals surface area contributed by atoms with Gasteiger partial charge >= 0.3 is 0 Å². The highest BCUT2D eigenvalue weighted by atomic mass is 19.1. The minimum atomic E-state index is -0.392. The topological polar surface area (TPSA) is 81.4 Å². The van der Waals surface area contributed by atoms with Crippen molar-refractivity contribution >= 4 is 0 Å². The second-order valence-electron chi connectivity index (χ2n) is 9.41. The van der Waals surface area contributed by atoms with E-state index in [1.807, 2.05) is 36.4 Å². The van der Waals surface area contributed by atoms with Crippen LogP contribution in [0, 0.1) is 29.5 Å². The zero-order chi connectivity index (χ0) is 25.0. The maximum absolute atomic E-state index is 15.5. The lowest BCUT2D eigenvalue weighted by Gasteiger charge is -2.10. The lowest BCUT2D eigenvalue weighted by molar-refractivity contribution is 0.612. The van der Waals surface area contributed by atoms with Crippen LogP contribution in [0.3, 0.4) is 0 Å². The highest BCUT2D eigenvalue weighted by Gasteiger charge is 2.21. The Hall–Kier alpha value is -4.17. The molecule has 6 rings (SSSR count). The van der Waals surface area contributed by atoms with Gasteiger partial charge in [-0.1, -0.05) is 30.3 Å². The molecule has 2 aromatic carbocycles. The van der Waals surface area contributed by atoms with Gasteiger partial charge in [0.15, 0.2) is 0 Å². The van der Waals surface area contributed by atoms with Crippen LogP contribution in [0.15, 0.2) is 54.9 Å². The molecule has 4 aromatic rings. The molecule has 2 saturated heterocycles. The number of nitrogens with zero attached hydrogens (tertiary/aromatic N) is 2. The molecule has 37 heavy (non-hydrogen) atoms. The third kappa shape index (κ3) is 5.06. The van der Waals surface area contributed by atoms with E-state index in [0.29, 0.717) is 11.3 Å². The van der Waals surface area contributed by atoms with Gasteiger partial charge in [-0.2, -0.15) is 0 Å². The van der Waals surface area contributed by atoms with Gasteiger partial charge in [0.1, 0.15) is 23.2 Å². The molecular weight excluding hydrogens is 463 g/mol. The molecule has 0 bridgehead atoms. The molecule has 7 heteroatoms.